The Labute approximate surface area is 100 Å². The molecule has 0 spiro atoms. The van der Waals surface area contributed by atoms with E-state index in [1.165, 1.54) is 0 Å². The van der Waals surface area contributed by atoms with E-state index in [2.05, 4.69) is 17.1 Å². The van der Waals surface area contributed by atoms with E-state index >= 15 is 0 Å². The van der Waals surface area contributed by atoms with E-state index in [9.17, 15) is 4.39 Å². The van der Waals surface area contributed by atoms with Crippen molar-refractivity contribution in [3.63, 3.8) is 0 Å². The number of rotatable bonds is 2. The molecule has 4 heteroatoms. The zero-order valence-electron chi connectivity index (χ0n) is 9.34. The third-order valence-electron chi connectivity index (χ3n) is 2.88. The molecule has 16 heavy (non-hydrogen) atoms. The summed E-state index contributed by atoms with van der Waals surface area (Å²) in [5.74, 6) is -0.282. The van der Waals surface area contributed by atoms with Crippen molar-refractivity contribution in [1.29, 1.82) is 0 Å². The number of piperazine rings is 1. The molecule has 0 unspecified atom stereocenters. The summed E-state index contributed by atoms with van der Waals surface area (Å²) in [5, 5.41) is 3.57. The number of nitrogens with one attached hydrogen (secondary N) is 1. The van der Waals surface area contributed by atoms with Crippen molar-refractivity contribution in [3.8, 4) is 0 Å². The first kappa shape index (κ1) is 11.8. The average molecular weight is 243 g/mol. The maximum absolute atomic E-state index is 13.7. The summed E-state index contributed by atoms with van der Waals surface area (Å²) < 4.78 is 13.7. The highest BCUT2D eigenvalue weighted by molar-refractivity contribution is 6.30. The fourth-order valence-corrected chi connectivity index (χ4v) is 2.26. The van der Waals surface area contributed by atoms with Crippen LogP contribution in [-0.2, 0) is 6.54 Å². The second kappa shape index (κ2) is 5.13. The van der Waals surface area contributed by atoms with E-state index in [-0.39, 0.29) is 10.8 Å². The number of benzene rings is 1. The number of hydrogen-bond acceptors (Lipinski definition) is 2. The van der Waals surface area contributed by atoms with Gasteiger partial charge in [-0.25, -0.2) is 4.39 Å². The lowest BCUT2D eigenvalue weighted by molar-refractivity contribution is 0.197. The first-order chi connectivity index (χ1) is 7.66. The summed E-state index contributed by atoms with van der Waals surface area (Å²) in [6.07, 6.45) is 0. The maximum atomic E-state index is 13.7. The van der Waals surface area contributed by atoms with E-state index in [0.29, 0.717) is 18.2 Å². The predicted octanol–water partition coefficient (Wildman–Crippen LogP) is 2.27. The molecule has 0 amide bonds. The van der Waals surface area contributed by atoms with Gasteiger partial charge in [-0.2, -0.15) is 0 Å². The van der Waals surface area contributed by atoms with Crippen LogP contribution in [-0.4, -0.2) is 30.6 Å². The standard InChI is InChI=1S/C12H16ClFN2/c1-9-7-16(6-5-15-9)8-10-3-2-4-11(13)12(10)14/h2-4,9,15H,5-8H2,1H3/t9-/m1/s1. The van der Waals surface area contributed by atoms with Crippen molar-refractivity contribution in [2.75, 3.05) is 19.6 Å². The van der Waals surface area contributed by atoms with Crippen LogP contribution in [0.4, 0.5) is 4.39 Å². The molecule has 1 N–H and O–H groups in total. The van der Waals surface area contributed by atoms with Gasteiger partial charge in [0.25, 0.3) is 0 Å². The van der Waals surface area contributed by atoms with Gasteiger partial charge in [0.1, 0.15) is 5.82 Å². The molecule has 1 aliphatic rings. The van der Waals surface area contributed by atoms with Gasteiger partial charge in [0, 0.05) is 37.8 Å². The van der Waals surface area contributed by atoms with Crippen LogP contribution in [0, 0.1) is 5.82 Å². The molecule has 0 aliphatic carbocycles. The zero-order valence-corrected chi connectivity index (χ0v) is 10.1. The van der Waals surface area contributed by atoms with Crippen molar-refractivity contribution in [1.82, 2.24) is 10.2 Å². The fourth-order valence-electron chi connectivity index (χ4n) is 2.07. The van der Waals surface area contributed by atoms with Gasteiger partial charge >= 0.3 is 0 Å². The first-order valence-corrected chi connectivity index (χ1v) is 5.93. The van der Waals surface area contributed by atoms with Gasteiger partial charge in [0.15, 0.2) is 0 Å². The molecule has 0 saturated carbocycles. The monoisotopic (exact) mass is 242 g/mol. The molecule has 1 aromatic rings. The lowest BCUT2D eigenvalue weighted by Gasteiger charge is -2.31. The van der Waals surface area contributed by atoms with Crippen LogP contribution < -0.4 is 5.32 Å². The summed E-state index contributed by atoms with van der Waals surface area (Å²) in [7, 11) is 0. The lowest BCUT2D eigenvalue weighted by atomic mass is 10.1. The number of halogens is 2. The van der Waals surface area contributed by atoms with Gasteiger partial charge in [0.2, 0.25) is 0 Å². The summed E-state index contributed by atoms with van der Waals surface area (Å²) in [4.78, 5) is 2.25. The Morgan fingerprint density at radius 1 is 1.56 bits per heavy atom. The van der Waals surface area contributed by atoms with Crippen molar-refractivity contribution < 1.29 is 4.39 Å². The smallest absolute Gasteiger partial charge is 0.146 e. The average Bonchev–Trinajstić information content (AvgIpc) is 2.25. The second-order valence-corrected chi connectivity index (χ2v) is 4.71. The lowest BCUT2D eigenvalue weighted by Crippen LogP contribution is -2.48. The molecule has 0 bridgehead atoms. The van der Waals surface area contributed by atoms with Crippen molar-refractivity contribution in [2.24, 2.45) is 0 Å². The summed E-state index contributed by atoms with van der Waals surface area (Å²) >= 11 is 5.75. The molecule has 2 nitrogen and oxygen atoms in total. The molecule has 1 saturated heterocycles. The summed E-state index contributed by atoms with van der Waals surface area (Å²) in [6.45, 7) is 5.64. The Balaban J connectivity index is 2.05. The number of hydrogen-bond donors (Lipinski definition) is 1. The summed E-state index contributed by atoms with van der Waals surface area (Å²) in [5.41, 5.74) is 0.682. The van der Waals surface area contributed by atoms with Gasteiger partial charge in [-0.1, -0.05) is 23.7 Å². The minimum absolute atomic E-state index is 0.209. The van der Waals surface area contributed by atoms with Gasteiger partial charge in [-0.15, -0.1) is 0 Å². The quantitative estimate of drug-likeness (QED) is 0.856. The molecule has 1 aromatic carbocycles. The third kappa shape index (κ3) is 2.73. The van der Waals surface area contributed by atoms with Gasteiger partial charge in [0.05, 0.1) is 5.02 Å². The van der Waals surface area contributed by atoms with Crippen LogP contribution in [0.1, 0.15) is 12.5 Å². The van der Waals surface area contributed by atoms with Crippen LogP contribution in [0.2, 0.25) is 5.02 Å². The molecule has 0 aromatic heterocycles. The van der Waals surface area contributed by atoms with Crippen molar-refractivity contribution >= 4 is 11.6 Å². The van der Waals surface area contributed by atoms with Gasteiger partial charge < -0.3 is 5.32 Å². The zero-order chi connectivity index (χ0) is 11.5. The molecule has 0 radical (unpaired) electrons. The molecule has 1 fully saturated rings. The molecule has 1 aliphatic heterocycles. The van der Waals surface area contributed by atoms with E-state index in [1.54, 1.807) is 18.2 Å². The van der Waals surface area contributed by atoms with E-state index in [1.807, 2.05) is 0 Å². The van der Waals surface area contributed by atoms with Crippen LogP contribution >= 0.6 is 11.6 Å². The minimum Gasteiger partial charge on any atom is -0.312 e. The highest BCUT2D eigenvalue weighted by Gasteiger charge is 2.17. The number of nitrogens with zero attached hydrogens (tertiary/aromatic N) is 1. The molecular formula is C12H16ClFN2. The maximum Gasteiger partial charge on any atom is 0.146 e. The van der Waals surface area contributed by atoms with Crippen LogP contribution in [0.25, 0.3) is 0 Å². The highest BCUT2D eigenvalue weighted by atomic mass is 35.5. The normalized spacial score (nSPS) is 22.3. The Morgan fingerprint density at radius 2 is 2.38 bits per heavy atom. The molecular weight excluding hydrogens is 227 g/mol. The Bertz CT molecular complexity index is 370. The van der Waals surface area contributed by atoms with Gasteiger partial charge in [-0.05, 0) is 13.0 Å². The van der Waals surface area contributed by atoms with Gasteiger partial charge in [-0.3, -0.25) is 4.90 Å². The molecule has 2 rings (SSSR count). The Kier molecular flexibility index (Phi) is 3.79. The van der Waals surface area contributed by atoms with Crippen LogP contribution in [0.15, 0.2) is 18.2 Å². The second-order valence-electron chi connectivity index (χ2n) is 4.30. The van der Waals surface area contributed by atoms with E-state index in [0.717, 1.165) is 19.6 Å². The molecule has 1 atom stereocenters. The Morgan fingerprint density at radius 3 is 3.12 bits per heavy atom. The van der Waals surface area contributed by atoms with E-state index in [4.69, 9.17) is 11.6 Å². The minimum atomic E-state index is -0.282. The first-order valence-electron chi connectivity index (χ1n) is 5.55. The highest BCUT2D eigenvalue weighted by Crippen LogP contribution is 2.19. The van der Waals surface area contributed by atoms with Crippen LogP contribution in [0.3, 0.4) is 0 Å². The predicted molar refractivity (Wildman–Crippen MR) is 64.2 cm³/mol. The molecule has 1 heterocycles. The van der Waals surface area contributed by atoms with E-state index < -0.39 is 0 Å². The van der Waals surface area contributed by atoms with Crippen LogP contribution in [0.5, 0.6) is 0 Å². The topological polar surface area (TPSA) is 15.3 Å². The third-order valence-corrected chi connectivity index (χ3v) is 3.17. The van der Waals surface area contributed by atoms with Crippen molar-refractivity contribution in [3.05, 3.63) is 34.6 Å². The Hall–Kier alpha value is -0.640. The SMILES string of the molecule is C[C@@H]1CN(Cc2cccc(Cl)c2F)CCN1. The van der Waals surface area contributed by atoms with Crippen molar-refractivity contribution in [2.45, 2.75) is 19.5 Å². The molecule has 88 valence electrons. The fraction of sp³-hybridized carbons (Fsp3) is 0.500. The largest absolute Gasteiger partial charge is 0.312 e. The summed E-state index contributed by atoms with van der Waals surface area (Å²) in [6, 6.07) is 5.65.